The Morgan fingerprint density at radius 2 is 1.00 bits per heavy atom. The molecular formula is C12H12O7. The van der Waals surface area contributed by atoms with Crippen molar-refractivity contribution in [1.82, 2.24) is 0 Å². The van der Waals surface area contributed by atoms with Gasteiger partial charge in [0.15, 0.2) is 5.41 Å². The van der Waals surface area contributed by atoms with Gasteiger partial charge in [-0.1, -0.05) is 6.92 Å². The van der Waals surface area contributed by atoms with Gasteiger partial charge in [-0.2, -0.15) is 0 Å². The van der Waals surface area contributed by atoms with E-state index >= 15 is 0 Å². The molecule has 0 aromatic carbocycles. The first kappa shape index (κ1) is 16.7. The third-order valence-corrected chi connectivity index (χ3v) is 3.45. The number of hydrogen-bond donors (Lipinski definition) is 0. The molecule has 0 aliphatic carbocycles. The molecule has 0 unspecified atom stereocenters. The van der Waals surface area contributed by atoms with Crippen LogP contribution in [0.15, 0.2) is 0 Å². The minimum Gasteiger partial charge on any atom is -0.302 e. The van der Waals surface area contributed by atoms with Gasteiger partial charge in [0.25, 0.3) is 0 Å². The number of carbonyl (C=O) groups is 7. The minimum atomic E-state index is -2.71. The first-order chi connectivity index (χ1) is 8.99. The fourth-order valence-corrected chi connectivity index (χ4v) is 1.91. The summed E-state index contributed by atoms with van der Waals surface area (Å²) in [5.41, 5.74) is -7.67. The molecular weight excluding hydrogens is 256 g/mol. The van der Waals surface area contributed by atoms with Crippen LogP contribution in [0.5, 0.6) is 0 Å². The zero-order valence-electron chi connectivity index (χ0n) is 10.1. The Bertz CT molecular complexity index is 386. The lowest BCUT2D eigenvalue weighted by molar-refractivity contribution is -0.164. The molecule has 0 heterocycles. The summed E-state index contributed by atoms with van der Waals surface area (Å²) in [5.74, 6) is 0. The quantitative estimate of drug-likeness (QED) is 0.358. The van der Waals surface area contributed by atoms with Crippen LogP contribution in [0, 0.1) is 16.2 Å². The van der Waals surface area contributed by atoms with Gasteiger partial charge in [0.05, 0.1) is 0 Å². The second-order valence-corrected chi connectivity index (χ2v) is 4.02. The Balaban J connectivity index is 6.67. The first-order valence-corrected chi connectivity index (χ1v) is 5.23. The largest absolute Gasteiger partial charge is 0.302 e. The smallest absolute Gasteiger partial charge is 0.156 e. The molecule has 0 saturated carbocycles. The average molecular weight is 268 g/mol. The van der Waals surface area contributed by atoms with Gasteiger partial charge in [0, 0.05) is 0 Å². The molecule has 0 atom stereocenters. The Morgan fingerprint density at radius 1 is 0.632 bits per heavy atom. The van der Waals surface area contributed by atoms with Crippen molar-refractivity contribution in [3.05, 3.63) is 0 Å². The van der Waals surface area contributed by atoms with Gasteiger partial charge in [-0.15, -0.1) is 0 Å². The minimum absolute atomic E-state index is 0.00590. The highest BCUT2D eigenvalue weighted by atomic mass is 16.2. The van der Waals surface area contributed by atoms with Crippen molar-refractivity contribution < 1.29 is 33.6 Å². The number of aldehydes is 7. The fourth-order valence-electron chi connectivity index (χ4n) is 1.91. The summed E-state index contributed by atoms with van der Waals surface area (Å²) in [6.07, 6.45) is -1.35. The number of carbonyl (C=O) groups excluding carboxylic acids is 7. The molecule has 7 nitrogen and oxygen atoms in total. The zero-order chi connectivity index (χ0) is 15.2. The van der Waals surface area contributed by atoms with E-state index in [9.17, 15) is 33.6 Å². The Labute approximate surface area is 108 Å². The van der Waals surface area contributed by atoms with Crippen molar-refractivity contribution in [2.45, 2.75) is 13.3 Å². The van der Waals surface area contributed by atoms with Gasteiger partial charge in [-0.3, -0.25) is 0 Å². The molecule has 0 aliphatic rings. The zero-order valence-corrected chi connectivity index (χ0v) is 10.1. The summed E-state index contributed by atoms with van der Waals surface area (Å²) >= 11 is 0. The van der Waals surface area contributed by atoms with E-state index in [4.69, 9.17) is 0 Å². The van der Waals surface area contributed by atoms with E-state index in [0.29, 0.717) is 0 Å². The lowest BCUT2D eigenvalue weighted by atomic mass is 9.53. The van der Waals surface area contributed by atoms with Crippen LogP contribution in [0.1, 0.15) is 13.3 Å². The molecule has 0 bridgehead atoms. The van der Waals surface area contributed by atoms with Crippen molar-refractivity contribution in [3.8, 4) is 0 Å². The molecule has 0 fully saturated rings. The van der Waals surface area contributed by atoms with Crippen molar-refractivity contribution in [3.63, 3.8) is 0 Å². The van der Waals surface area contributed by atoms with Crippen molar-refractivity contribution >= 4 is 44.0 Å². The molecule has 0 spiro atoms. The van der Waals surface area contributed by atoms with Crippen LogP contribution in [-0.2, 0) is 33.6 Å². The summed E-state index contributed by atoms with van der Waals surface area (Å²) in [5, 5.41) is 0. The topological polar surface area (TPSA) is 119 Å². The maximum atomic E-state index is 11.3. The van der Waals surface area contributed by atoms with Crippen LogP contribution in [0.25, 0.3) is 0 Å². The molecule has 0 amide bonds. The molecule has 0 aromatic heterocycles. The molecule has 0 radical (unpaired) electrons. The van der Waals surface area contributed by atoms with Crippen LogP contribution >= 0.6 is 0 Å². The van der Waals surface area contributed by atoms with E-state index in [1.54, 1.807) is 0 Å². The molecule has 0 saturated heterocycles. The van der Waals surface area contributed by atoms with Gasteiger partial charge in [-0.05, 0) is 6.42 Å². The third-order valence-electron chi connectivity index (χ3n) is 3.45. The van der Waals surface area contributed by atoms with E-state index < -0.39 is 16.2 Å². The molecule has 0 rings (SSSR count). The Morgan fingerprint density at radius 3 is 1.16 bits per heavy atom. The Kier molecular flexibility index (Phi) is 5.30. The van der Waals surface area contributed by atoms with Gasteiger partial charge in [0.1, 0.15) is 54.8 Å². The second-order valence-electron chi connectivity index (χ2n) is 4.02. The summed E-state index contributed by atoms with van der Waals surface area (Å²) in [4.78, 5) is 78.0. The molecule has 0 aromatic rings. The molecule has 0 aliphatic heterocycles. The normalized spacial score (nSPS) is 12.1. The van der Waals surface area contributed by atoms with Crippen LogP contribution < -0.4 is 0 Å². The molecule has 102 valence electrons. The molecule has 7 heteroatoms. The standard InChI is InChI=1S/C12H12O7/c1-2-10(3-13,4-14)12(8-18,9-19)11(5-15,6-16)7-17/h3-9H,2H2,1H3. The van der Waals surface area contributed by atoms with Gasteiger partial charge < -0.3 is 33.6 Å². The van der Waals surface area contributed by atoms with E-state index in [1.165, 1.54) is 6.92 Å². The highest BCUT2D eigenvalue weighted by molar-refractivity contribution is 6.15. The third kappa shape index (κ3) is 1.87. The second kappa shape index (κ2) is 6.03. The Hall–Kier alpha value is -2.31. The van der Waals surface area contributed by atoms with Gasteiger partial charge >= 0.3 is 0 Å². The van der Waals surface area contributed by atoms with Crippen LogP contribution in [-0.4, -0.2) is 44.0 Å². The fraction of sp³-hybridized carbons (Fsp3) is 0.417. The van der Waals surface area contributed by atoms with Crippen LogP contribution in [0.4, 0.5) is 0 Å². The predicted molar refractivity (Wildman–Crippen MR) is 60.0 cm³/mol. The number of hydrogen-bond acceptors (Lipinski definition) is 7. The number of rotatable bonds is 10. The van der Waals surface area contributed by atoms with Crippen molar-refractivity contribution in [2.75, 3.05) is 0 Å². The van der Waals surface area contributed by atoms with Crippen LogP contribution in [0.3, 0.4) is 0 Å². The highest BCUT2D eigenvalue weighted by Gasteiger charge is 2.64. The van der Waals surface area contributed by atoms with Crippen LogP contribution in [0.2, 0.25) is 0 Å². The lowest BCUT2D eigenvalue weighted by Gasteiger charge is -2.41. The first-order valence-electron chi connectivity index (χ1n) is 5.23. The SMILES string of the molecule is CCC(C=O)(C=O)C(C=O)(C=O)C(C=O)(C=O)C=O. The summed E-state index contributed by atoms with van der Waals surface area (Å²) in [7, 11) is 0. The summed E-state index contributed by atoms with van der Waals surface area (Å²) < 4.78 is 0. The van der Waals surface area contributed by atoms with Gasteiger partial charge in [0.2, 0.25) is 0 Å². The highest BCUT2D eigenvalue weighted by Crippen LogP contribution is 2.46. The van der Waals surface area contributed by atoms with Crippen molar-refractivity contribution in [2.24, 2.45) is 16.2 Å². The van der Waals surface area contributed by atoms with E-state index in [0.717, 1.165) is 0 Å². The predicted octanol–water partition coefficient (Wildman–Crippen LogP) is -1.25. The van der Waals surface area contributed by atoms with E-state index in [2.05, 4.69) is 0 Å². The summed E-state index contributed by atoms with van der Waals surface area (Å²) in [6, 6.07) is 0. The van der Waals surface area contributed by atoms with Gasteiger partial charge in [-0.25, -0.2) is 0 Å². The average Bonchev–Trinajstić information content (AvgIpc) is 2.49. The summed E-state index contributed by atoms with van der Waals surface area (Å²) in [6.45, 7) is 1.30. The monoisotopic (exact) mass is 268 g/mol. The lowest BCUT2D eigenvalue weighted by Crippen LogP contribution is -2.60. The molecule has 0 N–H and O–H groups in total. The maximum absolute atomic E-state index is 11.3. The maximum Gasteiger partial charge on any atom is 0.156 e. The van der Waals surface area contributed by atoms with E-state index in [1.807, 2.05) is 0 Å². The molecule has 19 heavy (non-hydrogen) atoms. The van der Waals surface area contributed by atoms with E-state index in [-0.39, 0.29) is 50.4 Å². The van der Waals surface area contributed by atoms with Crippen molar-refractivity contribution in [1.29, 1.82) is 0 Å².